The monoisotopic (exact) mass is 414 g/mol. The van der Waals surface area contributed by atoms with Crippen molar-refractivity contribution in [2.75, 3.05) is 18.9 Å². The van der Waals surface area contributed by atoms with Crippen LogP contribution in [0.5, 0.6) is 0 Å². The highest BCUT2D eigenvalue weighted by Gasteiger charge is 2.23. The summed E-state index contributed by atoms with van der Waals surface area (Å²) >= 11 is 11.8. The van der Waals surface area contributed by atoms with Gasteiger partial charge in [0.1, 0.15) is 0 Å². The Balaban J connectivity index is 1.79. The molecule has 3 N–H and O–H groups in total. The van der Waals surface area contributed by atoms with Gasteiger partial charge in [-0.15, -0.1) is 0 Å². The van der Waals surface area contributed by atoms with E-state index in [0.717, 1.165) is 25.7 Å². The minimum absolute atomic E-state index is 0.0287. The molecule has 0 saturated heterocycles. The van der Waals surface area contributed by atoms with Crippen LogP contribution in [0.25, 0.3) is 0 Å². The summed E-state index contributed by atoms with van der Waals surface area (Å²) in [6.07, 6.45) is 4.05. The molecule has 7 nitrogen and oxygen atoms in total. The van der Waals surface area contributed by atoms with E-state index in [1.54, 1.807) is 37.1 Å². The molecule has 0 aromatic heterocycles. The molecule has 0 bridgehead atoms. The van der Waals surface area contributed by atoms with Crippen LogP contribution in [0, 0.1) is 0 Å². The van der Waals surface area contributed by atoms with Crippen LogP contribution in [-0.2, 0) is 9.59 Å². The van der Waals surface area contributed by atoms with E-state index in [1.165, 1.54) is 0 Å². The van der Waals surface area contributed by atoms with Crippen LogP contribution in [0.3, 0.4) is 0 Å². The predicted octanol–water partition coefficient (Wildman–Crippen LogP) is 3.02. The van der Waals surface area contributed by atoms with Gasteiger partial charge in [-0.1, -0.05) is 36.0 Å². The van der Waals surface area contributed by atoms with Gasteiger partial charge < -0.3 is 10.6 Å². The Labute approximate surface area is 168 Å². The standard InChI is InChI=1S/C18H24Cl2N4O3/c1-11(17(26)23-18(27)22-12-5-3-4-6-12)24(2)10-16(25)21-13-7-8-14(19)15(20)9-13/h7-9,11-12H,3-6,10H2,1-2H3,(H,21,25)(H2,22,23,26,27). The normalized spacial score (nSPS) is 15.4. The Morgan fingerprint density at radius 1 is 1.19 bits per heavy atom. The van der Waals surface area contributed by atoms with Crippen LogP contribution >= 0.6 is 23.2 Å². The zero-order valence-electron chi connectivity index (χ0n) is 15.4. The van der Waals surface area contributed by atoms with Crippen molar-refractivity contribution in [2.24, 2.45) is 0 Å². The zero-order chi connectivity index (χ0) is 20.0. The van der Waals surface area contributed by atoms with Gasteiger partial charge >= 0.3 is 6.03 Å². The highest BCUT2D eigenvalue weighted by molar-refractivity contribution is 6.42. The number of amides is 4. The molecule has 148 valence electrons. The van der Waals surface area contributed by atoms with Gasteiger partial charge in [0, 0.05) is 11.7 Å². The molecule has 1 aliphatic carbocycles. The third-order valence-electron chi connectivity index (χ3n) is 4.56. The molecule has 0 spiro atoms. The van der Waals surface area contributed by atoms with Crippen molar-refractivity contribution in [1.29, 1.82) is 0 Å². The number of hydrogen-bond donors (Lipinski definition) is 3. The molecule has 0 heterocycles. The first kappa shape index (κ1) is 21.5. The molecule has 1 atom stereocenters. The van der Waals surface area contributed by atoms with Gasteiger partial charge in [-0.25, -0.2) is 4.79 Å². The SMILES string of the molecule is CC(C(=O)NC(=O)NC1CCCC1)N(C)CC(=O)Nc1ccc(Cl)c(Cl)c1. The minimum Gasteiger partial charge on any atom is -0.335 e. The highest BCUT2D eigenvalue weighted by atomic mass is 35.5. The Bertz CT molecular complexity index is 708. The van der Waals surface area contributed by atoms with Crippen LogP contribution in [-0.4, -0.2) is 48.4 Å². The zero-order valence-corrected chi connectivity index (χ0v) is 16.9. The summed E-state index contributed by atoms with van der Waals surface area (Å²) in [6.45, 7) is 1.60. The Morgan fingerprint density at radius 2 is 1.85 bits per heavy atom. The quantitative estimate of drug-likeness (QED) is 0.666. The van der Waals surface area contributed by atoms with E-state index in [2.05, 4.69) is 16.0 Å². The van der Waals surface area contributed by atoms with Gasteiger partial charge in [0.25, 0.3) is 0 Å². The molecule has 0 aliphatic heterocycles. The van der Waals surface area contributed by atoms with Crippen molar-refractivity contribution in [3.05, 3.63) is 28.2 Å². The van der Waals surface area contributed by atoms with Crippen LogP contribution in [0.4, 0.5) is 10.5 Å². The van der Waals surface area contributed by atoms with Gasteiger partial charge in [-0.05, 0) is 45.0 Å². The van der Waals surface area contributed by atoms with Crippen molar-refractivity contribution < 1.29 is 14.4 Å². The van der Waals surface area contributed by atoms with E-state index in [9.17, 15) is 14.4 Å². The lowest BCUT2D eigenvalue weighted by atomic mass is 10.2. The third-order valence-corrected chi connectivity index (χ3v) is 5.30. The minimum atomic E-state index is -0.654. The number of halogens is 2. The number of benzene rings is 1. The summed E-state index contributed by atoms with van der Waals surface area (Å²) < 4.78 is 0. The van der Waals surface area contributed by atoms with Gasteiger partial charge in [0.05, 0.1) is 22.6 Å². The van der Waals surface area contributed by atoms with Gasteiger partial charge in [-0.2, -0.15) is 0 Å². The number of rotatable bonds is 6. The summed E-state index contributed by atoms with van der Waals surface area (Å²) in [5.41, 5.74) is 0.510. The molecule has 1 aromatic rings. The van der Waals surface area contributed by atoms with Crippen LogP contribution in [0.2, 0.25) is 10.0 Å². The summed E-state index contributed by atoms with van der Waals surface area (Å²) in [4.78, 5) is 37.8. The number of imide groups is 1. The fourth-order valence-electron chi connectivity index (χ4n) is 2.85. The molecular weight excluding hydrogens is 391 g/mol. The molecule has 9 heteroatoms. The summed E-state index contributed by atoms with van der Waals surface area (Å²) in [6, 6.07) is 3.75. The number of nitrogens with one attached hydrogen (secondary N) is 3. The van der Waals surface area contributed by atoms with E-state index >= 15 is 0 Å². The maximum absolute atomic E-state index is 12.2. The fraction of sp³-hybridized carbons (Fsp3) is 0.500. The van der Waals surface area contributed by atoms with Crippen molar-refractivity contribution in [2.45, 2.75) is 44.7 Å². The first-order chi connectivity index (χ1) is 12.8. The first-order valence-corrected chi connectivity index (χ1v) is 9.58. The lowest BCUT2D eigenvalue weighted by molar-refractivity contribution is -0.125. The van der Waals surface area contributed by atoms with E-state index < -0.39 is 18.0 Å². The van der Waals surface area contributed by atoms with Crippen molar-refractivity contribution in [1.82, 2.24) is 15.5 Å². The maximum Gasteiger partial charge on any atom is 0.321 e. The molecule has 0 radical (unpaired) electrons. The molecule has 1 unspecified atom stereocenters. The third kappa shape index (κ3) is 6.68. The first-order valence-electron chi connectivity index (χ1n) is 8.82. The number of nitrogens with zero attached hydrogens (tertiary/aromatic N) is 1. The van der Waals surface area contributed by atoms with E-state index in [-0.39, 0.29) is 18.5 Å². The lowest BCUT2D eigenvalue weighted by Gasteiger charge is -2.23. The molecule has 1 saturated carbocycles. The Kier molecular flexibility index (Phi) is 7.89. The largest absolute Gasteiger partial charge is 0.335 e. The second-order valence-corrected chi connectivity index (χ2v) is 7.53. The van der Waals surface area contributed by atoms with Crippen molar-refractivity contribution >= 4 is 46.7 Å². The summed E-state index contributed by atoms with van der Waals surface area (Å²) in [5.74, 6) is -0.777. The smallest absolute Gasteiger partial charge is 0.321 e. The van der Waals surface area contributed by atoms with Crippen LogP contribution in [0.15, 0.2) is 18.2 Å². The summed E-state index contributed by atoms with van der Waals surface area (Å²) in [5, 5.41) is 8.55. The second kappa shape index (κ2) is 9.92. The van der Waals surface area contributed by atoms with Crippen LogP contribution < -0.4 is 16.0 Å². The molecular formula is C18H24Cl2N4O3. The lowest BCUT2D eigenvalue weighted by Crippen LogP contribution is -2.51. The van der Waals surface area contributed by atoms with E-state index in [1.807, 2.05) is 0 Å². The van der Waals surface area contributed by atoms with Gasteiger partial charge in [0.2, 0.25) is 11.8 Å². The van der Waals surface area contributed by atoms with E-state index in [0.29, 0.717) is 15.7 Å². The predicted molar refractivity (Wildman–Crippen MR) is 106 cm³/mol. The summed E-state index contributed by atoms with van der Waals surface area (Å²) in [7, 11) is 1.63. The van der Waals surface area contributed by atoms with Gasteiger partial charge in [-0.3, -0.25) is 19.8 Å². The topological polar surface area (TPSA) is 90.5 Å². The van der Waals surface area contributed by atoms with Crippen molar-refractivity contribution in [3.8, 4) is 0 Å². The highest BCUT2D eigenvalue weighted by Crippen LogP contribution is 2.25. The van der Waals surface area contributed by atoms with Gasteiger partial charge in [0.15, 0.2) is 0 Å². The average molecular weight is 415 g/mol. The van der Waals surface area contributed by atoms with E-state index in [4.69, 9.17) is 23.2 Å². The molecule has 2 rings (SSSR count). The van der Waals surface area contributed by atoms with Crippen molar-refractivity contribution in [3.63, 3.8) is 0 Å². The number of hydrogen-bond acceptors (Lipinski definition) is 4. The number of anilines is 1. The Hall–Kier alpha value is -1.83. The average Bonchev–Trinajstić information content (AvgIpc) is 3.10. The number of carbonyl (C=O) groups is 3. The Morgan fingerprint density at radius 3 is 2.48 bits per heavy atom. The number of likely N-dealkylation sites (N-methyl/N-ethyl adjacent to an activating group) is 1. The van der Waals surface area contributed by atoms with Crippen LogP contribution in [0.1, 0.15) is 32.6 Å². The molecule has 4 amide bonds. The number of urea groups is 1. The molecule has 27 heavy (non-hydrogen) atoms. The molecule has 1 aliphatic rings. The number of carbonyl (C=O) groups excluding carboxylic acids is 3. The maximum atomic E-state index is 12.2. The molecule has 1 aromatic carbocycles. The molecule has 1 fully saturated rings. The fourth-order valence-corrected chi connectivity index (χ4v) is 3.14. The second-order valence-electron chi connectivity index (χ2n) is 6.71.